The zero-order chi connectivity index (χ0) is 25.4. The highest BCUT2D eigenvalue weighted by molar-refractivity contribution is 5.89. The van der Waals surface area contributed by atoms with E-state index in [0.29, 0.717) is 12.0 Å². The minimum Gasteiger partial charge on any atom is -0.507 e. The van der Waals surface area contributed by atoms with E-state index in [2.05, 4.69) is 4.90 Å². The lowest BCUT2D eigenvalue weighted by atomic mass is 9.75. The van der Waals surface area contributed by atoms with Crippen molar-refractivity contribution >= 4 is 11.9 Å². The third-order valence-corrected chi connectivity index (χ3v) is 6.39. The van der Waals surface area contributed by atoms with E-state index in [1.54, 1.807) is 6.92 Å². The first-order chi connectivity index (χ1) is 16.0. The second-order valence-electron chi connectivity index (χ2n) is 9.13. The number of hydrogen-bond acceptors (Lipinski definition) is 8. The molecular formula is C26H33NO7. The van der Waals surface area contributed by atoms with Crippen molar-refractivity contribution < 1.29 is 34.4 Å². The van der Waals surface area contributed by atoms with Crippen LogP contribution in [0, 0.1) is 6.92 Å². The molecule has 0 saturated carbocycles. The molecule has 8 heteroatoms. The highest BCUT2D eigenvalue weighted by Crippen LogP contribution is 2.52. The number of carbonyl (C=O) groups excluding carboxylic acids is 2. The summed E-state index contributed by atoms with van der Waals surface area (Å²) in [6.45, 7) is 11.8. The first-order valence-electron chi connectivity index (χ1n) is 11.5. The quantitative estimate of drug-likeness (QED) is 0.435. The molecular weight excluding hydrogens is 438 g/mol. The molecule has 2 unspecified atom stereocenters. The van der Waals surface area contributed by atoms with Crippen LogP contribution in [0.1, 0.15) is 57.7 Å². The second kappa shape index (κ2) is 9.74. The van der Waals surface area contributed by atoms with Crippen molar-refractivity contribution in [1.29, 1.82) is 0 Å². The number of ether oxygens (including phenoxy) is 2. The third kappa shape index (κ3) is 4.17. The Bertz CT molecular complexity index is 1060. The molecule has 1 aliphatic heterocycles. The van der Waals surface area contributed by atoms with Gasteiger partial charge in [-0.2, -0.15) is 0 Å². The van der Waals surface area contributed by atoms with E-state index in [1.165, 1.54) is 6.07 Å². The zero-order valence-electron chi connectivity index (χ0n) is 20.4. The van der Waals surface area contributed by atoms with Gasteiger partial charge in [0.15, 0.2) is 12.2 Å². The number of benzene rings is 2. The van der Waals surface area contributed by atoms with E-state index in [9.17, 15) is 24.9 Å². The van der Waals surface area contributed by atoms with Gasteiger partial charge in [-0.1, -0.05) is 37.3 Å². The SMILES string of the molecule is CC[C@](c1ccccc1)(c1c(O)cc2c(C)c1OC(=O)C(O)C(O)C(=O)O2)N(C(C)C)C(C)C. The molecule has 2 aromatic carbocycles. The molecule has 3 rings (SSSR count). The van der Waals surface area contributed by atoms with E-state index < -0.39 is 29.7 Å². The molecule has 0 amide bonds. The Morgan fingerprint density at radius 1 is 0.971 bits per heavy atom. The van der Waals surface area contributed by atoms with Crippen LogP contribution < -0.4 is 9.47 Å². The Balaban J connectivity index is 2.45. The standard InChI is InChI=1S/C26H33NO7/c1-7-26(17-11-9-8-10-12-17,27(14(2)3)15(4)5)20-18(28)13-19-16(6)23(20)34-25(32)22(30)21(29)24(31)33-19/h8-15,21-22,28-30H,7H2,1-6H3/t21?,22?,26-/m0/s1. The minimum absolute atomic E-state index is 0.0158. The Labute approximate surface area is 199 Å². The molecule has 0 aromatic heterocycles. The summed E-state index contributed by atoms with van der Waals surface area (Å²) < 4.78 is 10.8. The number of aliphatic hydroxyl groups is 2. The van der Waals surface area contributed by atoms with Crippen LogP contribution in [-0.2, 0) is 15.1 Å². The van der Waals surface area contributed by atoms with Crippen molar-refractivity contribution in [2.45, 2.75) is 77.8 Å². The van der Waals surface area contributed by atoms with Gasteiger partial charge in [-0.15, -0.1) is 0 Å². The summed E-state index contributed by atoms with van der Waals surface area (Å²) in [4.78, 5) is 27.2. The number of aliphatic hydroxyl groups excluding tert-OH is 2. The van der Waals surface area contributed by atoms with Gasteiger partial charge in [0.25, 0.3) is 0 Å². The number of hydrogen-bond donors (Lipinski definition) is 3. The average Bonchev–Trinajstić information content (AvgIpc) is 2.80. The lowest BCUT2D eigenvalue weighted by Crippen LogP contribution is -2.54. The Morgan fingerprint density at radius 2 is 1.50 bits per heavy atom. The molecule has 0 spiro atoms. The molecule has 8 nitrogen and oxygen atoms in total. The van der Waals surface area contributed by atoms with Gasteiger partial charge < -0.3 is 24.8 Å². The smallest absolute Gasteiger partial charge is 0.343 e. The van der Waals surface area contributed by atoms with Crippen molar-refractivity contribution in [3.63, 3.8) is 0 Å². The Hall–Kier alpha value is -2.94. The van der Waals surface area contributed by atoms with Gasteiger partial charge in [0.1, 0.15) is 17.2 Å². The fourth-order valence-corrected chi connectivity index (χ4v) is 5.12. The number of nitrogens with zero attached hydrogens (tertiary/aromatic N) is 1. The summed E-state index contributed by atoms with van der Waals surface area (Å²) in [5.74, 6) is -2.76. The van der Waals surface area contributed by atoms with Crippen LogP contribution in [0.5, 0.6) is 17.2 Å². The molecule has 1 heterocycles. The first kappa shape index (κ1) is 25.7. The lowest BCUT2D eigenvalue weighted by molar-refractivity contribution is -0.161. The predicted molar refractivity (Wildman–Crippen MR) is 126 cm³/mol. The van der Waals surface area contributed by atoms with E-state index >= 15 is 0 Å². The van der Waals surface area contributed by atoms with Crippen LogP contribution in [0.4, 0.5) is 0 Å². The number of fused-ring (bicyclic) bond motifs is 2. The van der Waals surface area contributed by atoms with Gasteiger partial charge in [-0.25, -0.2) is 9.59 Å². The number of rotatable bonds is 6. The fourth-order valence-electron chi connectivity index (χ4n) is 5.12. The minimum atomic E-state index is -2.14. The maximum Gasteiger partial charge on any atom is 0.343 e. The third-order valence-electron chi connectivity index (χ3n) is 6.39. The van der Waals surface area contributed by atoms with E-state index in [1.807, 2.05) is 65.0 Å². The van der Waals surface area contributed by atoms with Gasteiger partial charge in [0, 0.05) is 23.7 Å². The molecule has 3 N–H and O–H groups in total. The van der Waals surface area contributed by atoms with Crippen molar-refractivity contribution in [3.8, 4) is 17.2 Å². The lowest BCUT2D eigenvalue weighted by Gasteiger charge is -2.50. The zero-order valence-corrected chi connectivity index (χ0v) is 20.4. The average molecular weight is 472 g/mol. The van der Waals surface area contributed by atoms with Gasteiger partial charge in [0.05, 0.1) is 11.1 Å². The number of carbonyl (C=O) groups is 2. The van der Waals surface area contributed by atoms with Gasteiger partial charge in [-0.3, -0.25) is 4.90 Å². The van der Waals surface area contributed by atoms with E-state index in [4.69, 9.17) is 9.47 Å². The summed E-state index contributed by atoms with van der Waals surface area (Å²) in [6.07, 6.45) is -3.77. The monoisotopic (exact) mass is 471 g/mol. The predicted octanol–water partition coefficient (Wildman–Crippen LogP) is 3.02. The molecule has 184 valence electrons. The normalized spacial score (nSPS) is 20.4. The maximum absolute atomic E-state index is 12.8. The molecule has 1 aliphatic rings. The van der Waals surface area contributed by atoms with Crippen LogP contribution in [0.3, 0.4) is 0 Å². The fraction of sp³-hybridized carbons (Fsp3) is 0.462. The topological polar surface area (TPSA) is 117 Å². The van der Waals surface area contributed by atoms with Crippen LogP contribution in [0.15, 0.2) is 36.4 Å². The van der Waals surface area contributed by atoms with Crippen molar-refractivity contribution in [3.05, 3.63) is 53.1 Å². The number of phenols is 1. The number of phenolic OH excluding ortho intramolecular Hbond substituents is 1. The molecule has 0 saturated heterocycles. The Morgan fingerprint density at radius 3 is 2.00 bits per heavy atom. The highest BCUT2D eigenvalue weighted by Gasteiger charge is 2.47. The molecule has 0 aliphatic carbocycles. The largest absolute Gasteiger partial charge is 0.507 e. The van der Waals surface area contributed by atoms with Gasteiger partial charge in [0.2, 0.25) is 0 Å². The maximum atomic E-state index is 12.8. The molecule has 34 heavy (non-hydrogen) atoms. The molecule has 3 atom stereocenters. The van der Waals surface area contributed by atoms with Crippen molar-refractivity contribution in [2.75, 3.05) is 0 Å². The first-order valence-corrected chi connectivity index (χ1v) is 11.5. The number of esters is 2. The summed E-state index contributed by atoms with van der Waals surface area (Å²) in [7, 11) is 0. The molecule has 2 aromatic rings. The molecule has 0 fully saturated rings. The summed E-state index contributed by atoms with van der Waals surface area (Å²) in [5.41, 5.74) is 0.524. The number of aromatic hydroxyl groups is 1. The summed E-state index contributed by atoms with van der Waals surface area (Å²) in [5, 5.41) is 31.6. The van der Waals surface area contributed by atoms with E-state index in [0.717, 1.165) is 5.56 Å². The Kier molecular flexibility index (Phi) is 7.35. The summed E-state index contributed by atoms with van der Waals surface area (Å²) >= 11 is 0. The molecule has 0 radical (unpaired) electrons. The van der Waals surface area contributed by atoms with Crippen LogP contribution in [-0.4, -0.2) is 56.4 Å². The van der Waals surface area contributed by atoms with Gasteiger partial charge >= 0.3 is 11.9 Å². The molecule has 2 bridgehead atoms. The van der Waals surface area contributed by atoms with Crippen LogP contribution >= 0.6 is 0 Å². The van der Waals surface area contributed by atoms with Crippen molar-refractivity contribution in [1.82, 2.24) is 4.90 Å². The van der Waals surface area contributed by atoms with Gasteiger partial charge in [-0.05, 0) is 46.6 Å². The highest BCUT2D eigenvalue weighted by atomic mass is 16.6. The summed E-state index contributed by atoms with van der Waals surface area (Å²) in [6, 6.07) is 10.9. The van der Waals surface area contributed by atoms with Crippen molar-refractivity contribution in [2.24, 2.45) is 0 Å². The second-order valence-corrected chi connectivity index (χ2v) is 9.13. The van der Waals surface area contributed by atoms with Crippen LogP contribution in [0.25, 0.3) is 0 Å². The van der Waals surface area contributed by atoms with E-state index in [-0.39, 0.29) is 34.9 Å². The van der Waals surface area contributed by atoms with Crippen LogP contribution in [0.2, 0.25) is 0 Å².